The topological polar surface area (TPSA) is 96.0 Å². The van der Waals surface area contributed by atoms with E-state index in [0.717, 1.165) is 148 Å². The molecule has 0 atom stereocenters. The maximum Gasteiger partial charge on any atom is 0.132 e. The van der Waals surface area contributed by atoms with E-state index in [1.807, 2.05) is 97.1 Å². The van der Waals surface area contributed by atoms with Gasteiger partial charge in [-0.15, -0.1) is 0 Å². The van der Waals surface area contributed by atoms with Gasteiger partial charge in [0.15, 0.2) is 0 Å². The first kappa shape index (κ1) is 59.7. The molecule has 0 unspecified atom stereocenters. The first-order valence-electron chi connectivity index (χ1n) is 30.8. The summed E-state index contributed by atoms with van der Waals surface area (Å²) < 4.78 is 53.4. The van der Waals surface area contributed by atoms with Crippen molar-refractivity contribution in [1.29, 1.82) is 0 Å². The number of anilines is 12. The van der Waals surface area contributed by atoms with Gasteiger partial charge in [-0.05, 0) is 277 Å². The molecule has 1 aliphatic heterocycles. The van der Waals surface area contributed by atoms with Crippen molar-refractivity contribution in [1.82, 2.24) is 0 Å². The Hall–Kier alpha value is -12.0. The number of hydrogen-bond donors (Lipinski definition) is 0. The van der Waals surface area contributed by atoms with Gasteiger partial charge in [-0.2, -0.15) is 0 Å². The van der Waals surface area contributed by atoms with Crippen molar-refractivity contribution in [2.75, 3.05) is 76.5 Å². The number of benzene rings is 12. The lowest BCUT2D eigenvalue weighted by Gasteiger charge is -2.41. The van der Waals surface area contributed by atoms with Crippen LogP contribution in [-0.4, -0.2) is 56.9 Å². The third-order valence-electron chi connectivity index (χ3n) is 17.7. The van der Waals surface area contributed by atoms with Crippen LogP contribution in [0.3, 0.4) is 0 Å². The predicted molar refractivity (Wildman–Crippen MR) is 375 cm³/mol. The van der Waals surface area contributed by atoms with Crippen LogP contribution in [0.25, 0.3) is 11.1 Å². The second kappa shape index (κ2) is 25.4. The fourth-order valence-electron chi connectivity index (χ4n) is 13.1. The van der Waals surface area contributed by atoms with Gasteiger partial charge in [-0.25, -0.2) is 0 Å². The highest BCUT2D eigenvalue weighted by molar-refractivity contribution is 5.95. The lowest BCUT2D eigenvalue weighted by molar-refractivity contribution is 0.414. The standard InChI is InChI=1S/C81H68N4O9/c1-86-65-29-9-53(10-30-65)82(54-11-31-66(87-2)32-12-54)61-25-45-73-74-46-26-62(83(55-13-33-67(88-3)34-14-55)56-15-35-68(89-4)36-16-56)50-76(74)81(75(73)49-61)77-51-63(84(57-17-37-69(90-5)38-18-57)58-19-39-70(91-6)40-20-58)27-47-79(77)94-80-48-28-64(52-78(80)81)85(59-21-41-71(92-7)42-22-59)60-23-43-72(93-8)44-24-60/h9-52H,1-8H3. The molecule has 13 heteroatoms. The monoisotopic (exact) mass is 1240 g/mol. The van der Waals surface area contributed by atoms with Crippen molar-refractivity contribution >= 4 is 68.2 Å². The molecule has 0 aromatic heterocycles. The fraction of sp³-hybridized carbons (Fsp3) is 0.111. The molecule has 0 saturated heterocycles. The molecule has 0 saturated carbocycles. The molecule has 0 radical (unpaired) electrons. The molecule has 0 fully saturated rings. The molecule has 13 nitrogen and oxygen atoms in total. The smallest absolute Gasteiger partial charge is 0.132 e. The van der Waals surface area contributed by atoms with Gasteiger partial charge < -0.3 is 62.2 Å². The van der Waals surface area contributed by atoms with E-state index in [9.17, 15) is 0 Å². The van der Waals surface area contributed by atoms with E-state index in [1.165, 1.54) is 0 Å². The number of fused-ring (bicyclic) bond motifs is 9. The molecule has 14 rings (SSSR count). The van der Waals surface area contributed by atoms with Crippen molar-refractivity contribution in [3.63, 3.8) is 0 Å². The van der Waals surface area contributed by atoms with Gasteiger partial charge in [0.25, 0.3) is 0 Å². The highest BCUT2D eigenvalue weighted by atomic mass is 16.5. The Kier molecular flexibility index (Phi) is 16.1. The van der Waals surface area contributed by atoms with Crippen LogP contribution in [0.4, 0.5) is 68.2 Å². The Balaban J connectivity index is 1.10. The SMILES string of the molecule is COc1ccc(N(c2ccc(OC)cc2)c2ccc3c(c2)C2(c4cc(N(c5ccc(OC)cc5)c5ccc(OC)cc5)ccc4O3)c3cc(N(c4ccc(OC)cc4)c4ccc(OC)cc4)ccc3-c3ccc(N(c4ccc(OC)cc4)c4ccc(OC)cc4)cc32)cc1. The molecule has 0 amide bonds. The minimum Gasteiger partial charge on any atom is -0.497 e. The first-order valence-corrected chi connectivity index (χ1v) is 30.8. The summed E-state index contributed by atoms with van der Waals surface area (Å²) in [6.45, 7) is 0. The first-order chi connectivity index (χ1) is 46.2. The summed E-state index contributed by atoms with van der Waals surface area (Å²) in [6.07, 6.45) is 0. The van der Waals surface area contributed by atoms with E-state index in [1.54, 1.807) is 56.9 Å². The van der Waals surface area contributed by atoms with Gasteiger partial charge in [0.2, 0.25) is 0 Å². The van der Waals surface area contributed by atoms with E-state index in [0.29, 0.717) is 11.5 Å². The van der Waals surface area contributed by atoms with Crippen LogP contribution < -0.4 is 62.2 Å². The van der Waals surface area contributed by atoms with Crippen LogP contribution in [0, 0.1) is 0 Å². The summed E-state index contributed by atoms with van der Waals surface area (Å²) in [5.74, 6) is 7.32. The van der Waals surface area contributed by atoms with Crippen molar-refractivity contribution < 1.29 is 42.6 Å². The van der Waals surface area contributed by atoms with Gasteiger partial charge >= 0.3 is 0 Å². The second-order valence-electron chi connectivity index (χ2n) is 22.6. The molecule has 466 valence electrons. The Labute approximate surface area is 547 Å². The number of rotatable bonds is 20. The van der Waals surface area contributed by atoms with E-state index in [4.69, 9.17) is 42.6 Å². The van der Waals surface area contributed by atoms with Gasteiger partial charge in [0.1, 0.15) is 57.5 Å². The molecule has 1 spiro atoms. The summed E-state index contributed by atoms with van der Waals surface area (Å²) in [5, 5.41) is 0. The largest absolute Gasteiger partial charge is 0.497 e. The average Bonchev–Trinajstić information content (AvgIpc) is 1.46. The van der Waals surface area contributed by atoms with Crippen molar-refractivity contribution in [3.8, 4) is 68.6 Å². The van der Waals surface area contributed by atoms with Gasteiger partial charge in [-0.3, -0.25) is 0 Å². The summed E-state index contributed by atoms with van der Waals surface area (Å²) in [4.78, 5) is 9.10. The van der Waals surface area contributed by atoms with Crippen molar-refractivity contribution in [2.24, 2.45) is 0 Å². The minimum absolute atomic E-state index is 0.689. The zero-order valence-corrected chi connectivity index (χ0v) is 53.4. The number of hydrogen-bond acceptors (Lipinski definition) is 13. The van der Waals surface area contributed by atoms with Crippen molar-refractivity contribution in [2.45, 2.75) is 5.41 Å². The van der Waals surface area contributed by atoms with Gasteiger partial charge in [0.05, 0.1) is 62.3 Å². The lowest BCUT2D eigenvalue weighted by Crippen LogP contribution is -2.33. The molecule has 1 aliphatic carbocycles. The Bertz CT molecular complexity index is 4170. The van der Waals surface area contributed by atoms with E-state index in [2.05, 4.69) is 189 Å². The van der Waals surface area contributed by atoms with E-state index < -0.39 is 5.41 Å². The van der Waals surface area contributed by atoms with E-state index in [-0.39, 0.29) is 0 Å². The predicted octanol–water partition coefficient (Wildman–Crippen LogP) is 20.1. The van der Waals surface area contributed by atoms with Crippen LogP contribution in [-0.2, 0) is 5.41 Å². The Morgan fingerprint density at radius 2 is 0.372 bits per heavy atom. The maximum atomic E-state index is 7.46. The summed E-state index contributed by atoms with van der Waals surface area (Å²) in [6, 6.07) is 92.3. The van der Waals surface area contributed by atoms with Gasteiger partial charge in [0, 0.05) is 79.4 Å². The lowest BCUT2D eigenvalue weighted by atomic mass is 9.65. The molecular weight excluding hydrogens is 1170 g/mol. The summed E-state index contributed by atoms with van der Waals surface area (Å²) in [5.41, 5.74) is 15.8. The maximum absolute atomic E-state index is 7.46. The van der Waals surface area contributed by atoms with Crippen LogP contribution >= 0.6 is 0 Å². The van der Waals surface area contributed by atoms with Crippen LogP contribution in [0.2, 0.25) is 0 Å². The quantitative estimate of drug-likeness (QED) is 0.0725. The van der Waals surface area contributed by atoms with Crippen LogP contribution in [0.15, 0.2) is 267 Å². The molecule has 1 heterocycles. The van der Waals surface area contributed by atoms with Crippen LogP contribution in [0.1, 0.15) is 22.3 Å². The molecule has 0 bridgehead atoms. The Morgan fingerprint density at radius 1 is 0.202 bits per heavy atom. The van der Waals surface area contributed by atoms with Crippen molar-refractivity contribution in [3.05, 3.63) is 289 Å². The summed E-state index contributed by atoms with van der Waals surface area (Å²) >= 11 is 0. The minimum atomic E-state index is -1.15. The second-order valence-corrected chi connectivity index (χ2v) is 22.6. The molecule has 2 aliphatic rings. The fourth-order valence-corrected chi connectivity index (χ4v) is 13.1. The van der Waals surface area contributed by atoms with Crippen LogP contribution in [0.5, 0.6) is 57.5 Å². The molecule has 0 N–H and O–H groups in total. The highest BCUT2D eigenvalue weighted by Gasteiger charge is 2.52. The Morgan fingerprint density at radius 3 is 0.564 bits per heavy atom. The average molecular weight is 1240 g/mol. The zero-order valence-electron chi connectivity index (χ0n) is 53.4. The number of ether oxygens (including phenoxy) is 9. The molecule has 94 heavy (non-hydrogen) atoms. The third-order valence-corrected chi connectivity index (χ3v) is 17.7. The third kappa shape index (κ3) is 10.7. The number of methoxy groups -OCH3 is 8. The molecule has 12 aromatic rings. The molecular formula is C81H68N4O9. The normalized spacial score (nSPS) is 12.0. The zero-order chi connectivity index (χ0) is 64.5. The molecule has 12 aromatic carbocycles. The highest BCUT2D eigenvalue weighted by Crippen LogP contribution is 2.65. The number of nitrogens with zero attached hydrogens (tertiary/aromatic N) is 4. The van der Waals surface area contributed by atoms with Gasteiger partial charge in [-0.1, -0.05) is 12.1 Å². The van der Waals surface area contributed by atoms with E-state index >= 15 is 0 Å². The summed E-state index contributed by atoms with van der Waals surface area (Å²) in [7, 11) is 13.5.